The molecule has 0 radical (unpaired) electrons. The highest BCUT2D eigenvalue weighted by molar-refractivity contribution is 5.36. The molecule has 0 saturated heterocycles. The molecule has 2 N–H and O–H groups in total. The molecule has 0 heterocycles. The molecule has 16 heavy (non-hydrogen) atoms. The van der Waals surface area contributed by atoms with Crippen molar-refractivity contribution in [3.63, 3.8) is 0 Å². The molecule has 0 spiro atoms. The van der Waals surface area contributed by atoms with E-state index in [1.54, 1.807) is 6.07 Å². The summed E-state index contributed by atoms with van der Waals surface area (Å²) in [5.41, 5.74) is 6.50. The van der Waals surface area contributed by atoms with Crippen LogP contribution in [0.4, 0.5) is 4.39 Å². The molecule has 0 amide bonds. The Bertz CT molecular complexity index is 350. The van der Waals surface area contributed by atoms with Crippen LogP contribution >= 0.6 is 0 Å². The maximum absolute atomic E-state index is 13.1. The minimum absolute atomic E-state index is 0.0861. The zero-order valence-corrected chi connectivity index (χ0v) is 10.3. The highest BCUT2D eigenvalue weighted by Gasteiger charge is 2.14. The van der Waals surface area contributed by atoms with E-state index < -0.39 is 0 Å². The largest absolute Gasteiger partial charge is 0.490 e. The Morgan fingerprint density at radius 3 is 2.31 bits per heavy atom. The second kappa shape index (κ2) is 5.30. The number of halogens is 1. The Balaban J connectivity index is 2.95. The van der Waals surface area contributed by atoms with Crippen molar-refractivity contribution in [1.82, 2.24) is 0 Å². The van der Waals surface area contributed by atoms with Gasteiger partial charge in [0.1, 0.15) is 11.6 Å². The van der Waals surface area contributed by atoms with Crippen LogP contribution in [0.1, 0.15) is 39.3 Å². The van der Waals surface area contributed by atoms with Gasteiger partial charge in [-0.25, -0.2) is 4.39 Å². The molecule has 90 valence electrons. The molecule has 0 aliphatic heterocycles. The summed E-state index contributed by atoms with van der Waals surface area (Å²) in [5, 5.41) is 0. The smallest absolute Gasteiger partial charge is 0.124 e. The average Bonchev–Trinajstić information content (AvgIpc) is 2.20. The minimum Gasteiger partial charge on any atom is -0.490 e. The van der Waals surface area contributed by atoms with Gasteiger partial charge < -0.3 is 10.5 Å². The second-order valence-electron chi connectivity index (χ2n) is 4.54. The Kier molecular flexibility index (Phi) is 4.30. The maximum Gasteiger partial charge on any atom is 0.124 e. The molecule has 1 aromatic rings. The fourth-order valence-corrected chi connectivity index (χ4v) is 1.32. The lowest BCUT2D eigenvalue weighted by atomic mass is 10.1. The molecule has 0 fully saturated rings. The number of rotatable bonds is 4. The predicted octanol–water partition coefficient (Wildman–Crippen LogP) is 3.27. The van der Waals surface area contributed by atoms with Gasteiger partial charge in [0.05, 0.1) is 6.10 Å². The van der Waals surface area contributed by atoms with Crippen molar-refractivity contribution in [3.05, 3.63) is 29.6 Å². The van der Waals surface area contributed by atoms with Crippen LogP contribution in [0, 0.1) is 11.7 Å². The zero-order chi connectivity index (χ0) is 12.3. The van der Waals surface area contributed by atoms with Crippen molar-refractivity contribution in [2.75, 3.05) is 0 Å². The summed E-state index contributed by atoms with van der Waals surface area (Å²) in [4.78, 5) is 0. The Hall–Kier alpha value is -1.09. The maximum atomic E-state index is 13.1. The van der Waals surface area contributed by atoms with Gasteiger partial charge in [0.25, 0.3) is 0 Å². The molecule has 0 aliphatic carbocycles. The van der Waals surface area contributed by atoms with Crippen LogP contribution in [-0.4, -0.2) is 6.10 Å². The first-order chi connectivity index (χ1) is 7.41. The monoisotopic (exact) mass is 225 g/mol. The summed E-state index contributed by atoms with van der Waals surface area (Å²) < 4.78 is 18.9. The van der Waals surface area contributed by atoms with Crippen LogP contribution in [-0.2, 0) is 0 Å². The zero-order valence-electron chi connectivity index (χ0n) is 10.3. The van der Waals surface area contributed by atoms with E-state index in [0.29, 0.717) is 17.2 Å². The molecule has 0 aromatic heterocycles. The molecular weight excluding hydrogens is 205 g/mol. The Morgan fingerprint density at radius 2 is 1.81 bits per heavy atom. The van der Waals surface area contributed by atoms with Gasteiger partial charge in [-0.3, -0.25) is 0 Å². The highest BCUT2D eigenvalue weighted by Crippen LogP contribution is 2.26. The first-order valence-electron chi connectivity index (χ1n) is 5.63. The lowest BCUT2D eigenvalue weighted by Crippen LogP contribution is -2.20. The third kappa shape index (κ3) is 3.20. The van der Waals surface area contributed by atoms with Crippen LogP contribution in [0.25, 0.3) is 0 Å². The predicted molar refractivity (Wildman–Crippen MR) is 63.9 cm³/mol. The van der Waals surface area contributed by atoms with Crippen molar-refractivity contribution in [2.45, 2.75) is 39.8 Å². The van der Waals surface area contributed by atoms with Crippen molar-refractivity contribution >= 4 is 0 Å². The van der Waals surface area contributed by atoms with E-state index in [1.807, 2.05) is 13.8 Å². The van der Waals surface area contributed by atoms with E-state index in [2.05, 4.69) is 13.8 Å². The minimum atomic E-state index is -0.281. The number of nitrogens with two attached hydrogens (primary N) is 1. The number of benzene rings is 1. The van der Waals surface area contributed by atoms with Crippen molar-refractivity contribution in [3.8, 4) is 5.75 Å². The van der Waals surface area contributed by atoms with Crippen molar-refractivity contribution < 1.29 is 9.13 Å². The summed E-state index contributed by atoms with van der Waals surface area (Å²) in [6.45, 7) is 7.99. The summed E-state index contributed by atoms with van der Waals surface area (Å²) in [5.74, 6) is 0.806. The van der Waals surface area contributed by atoms with E-state index in [9.17, 15) is 4.39 Å². The van der Waals surface area contributed by atoms with Gasteiger partial charge in [-0.2, -0.15) is 0 Å². The van der Waals surface area contributed by atoms with Crippen molar-refractivity contribution in [1.29, 1.82) is 0 Å². The van der Waals surface area contributed by atoms with E-state index in [-0.39, 0.29) is 18.0 Å². The molecule has 0 aliphatic rings. The van der Waals surface area contributed by atoms with Gasteiger partial charge in [-0.15, -0.1) is 0 Å². The van der Waals surface area contributed by atoms with Gasteiger partial charge in [-0.05, 0) is 38.0 Å². The molecule has 3 heteroatoms. The van der Waals surface area contributed by atoms with Gasteiger partial charge in [0.2, 0.25) is 0 Å². The summed E-state index contributed by atoms with van der Waals surface area (Å²) in [6.07, 6.45) is 0.0861. The second-order valence-corrected chi connectivity index (χ2v) is 4.54. The number of hydrogen-bond donors (Lipinski definition) is 1. The molecule has 0 bridgehead atoms. The average molecular weight is 225 g/mol. The normalized spacial score (nSPS) is 14.9. The van der Waals surface area contributed by atoms with E-state index >= 15 is 0 Å². The third-order valence-corrected chi connectivity index (χ3v) is 2.71. The summed E-state index contributed by atoms with van der Waals surface area (Å²) in [7, 11) is 0. The lowest BCUT2D eigenvalue weighted by molar-refractivity contribution is 0.168. The highest BCUT2D eigenvalue weighted by atomic mass is 19.1. The van der Waals surface area contributed by atoms with E-state index in [1.165, 1.54) is 12.1 Å². The molecule has 1 rings (SSSR count). The fourth-order valence-electron chi connectivity index (χ4n) is 1.32. The standard InChI is InChI=1S/C13H20FNO/c1-8(2)10(4)16-13-6-5-11(14)7-12(13)9(3)15/h5-10H,15H2,1-4H3/t9-,10?/m0/s1. The van der Waals surface area contributed by atoms with Crippen LogP contribution in [0.3, 0.4) is 0 Å². The Labute approximate surface area is 96.6 Å². The van der Waals surface area contributed by atoms with Gasteiger partial charge >= 0.3 is 0 Å². The molecule has 1 unspecified atom stereocenters. The lowest BCUT2D eigenvalue weighted by Gasteiger charge is -2.21. The van der Waals surface area contributed by atoms with Gasteiger partial charge in [-0.1, -0.05) is 13.8 Å². The van der Waals surface area contributed by atoms with Crippen LogP contribution in [0.15, 0.2) is 18.2 Å². The summed E-state index contributed by atoms with van der Waals surface area (Å²) >= 11 is 0. The molecule has 2 atom stereocenters. The first kappa shape index (κ1) is 13.0. The fraction of sp³-hybridized carbons (Fsp3) is 0.538. The van der Waals surface area contributed by atoms with Crippen molar-refractivity contribution in [2.24, 2.45) is 11.7 Å². The summed E-state index contributed by atoms with van der Waals surface area (Å²) in [6, 6.07) is 4.25. The van der Waals surface area contributed by atoms with Crippen LogP contribution < -0.4 is 10.5 Å². The van der Waals surface area contributed by atoms with E-state index in [4.69, 9.17) is 10.5 Å². The van der Waals surface area contributed by atoms with Crippen LogP contribution in [0.2, 0.25) is 0 Å². The first-order valence-corrected chi connectivity index (χ1v) is 5.63. The molecule has 0 saturated carbocycles. The third-order valence-electron chi connectivity index (χ3n) is 2.71. The number of hydrogen-bond acceptors (Lipinski definition) is 2. The van der Waals surface area contributed by atoms with Gasteiger partial charge in [0, 0.05) is 11.6 Å². The molecular formula is C13H20FNO. The van der Waals surface area contributed by atoms with E-state index in [0.717, 1.165) is 0 Å². The topological polar surface area (TPSA) is 35.2 Å². The Morgan fingerprint density at radius 1 is 1.19 bits per heavy atom. The number of ether oxygens (including phenoxy) is 1. The van der Waals surface area contributed by atoms with Gasteiger partial charge in [0.15, 0.2) is 0 Å². The quantitative estimate of drug-likeness (QED) is 0.853. The van der Waals surface area contributed by atoms with Crippen LogP contribution in [0.5, 0.6) is 5.75 Å². The molecule has 2 nitrogen and oxygen atoms in total. The molecule has 1 aromatic carbocycles. The SMILES string of the molecule is CC(C)C(C)Oc1ccc(F)cc1[C@H](C)N.